The van der Waals surface area contributed by atoms with E-state index in [9.17, 15) is 4.79 Å². The Labute approximate surface area is 86.2 Å². The van der Waals surface area contributed by atoms with Crippen LogP contribution in [0.25, 0.3) is 0 Å². The van der Waals surface area contributed by atoms with Gasteiger partial charge in [0.1, 0.15) is 0 Å². The maximum Gasteiger partial charge on any atom is 0.220 e. The number of thiol groups is 1. The number of carbonyl (C=O) groups excluding carboxylic acids is 1. The molecule has 2 N–H and O–H groups in total. The second kappa shape index (κ2) is 9.86. The van der Waals surface area contributed by atoms with Crippen LogP contribution in [0.15, 0.2) is 0 Å². The van der Waals surface area contributed by atoms with Crippen molar-refractivity contribution in [2.75, 3.05) is 13.1 Å². The summed E-state index contributed by atoms with van der Waals surface area (Å²) < 4.78 is 2.68. The van der Waals surface area contributed by atoms with Gasteiger partial charge in [0.2, 0.25) is 5.91 Å². The molecule has 0 aliphatic rings. The molecule has 0 rings (SSSR count). The number of hydrogen-bond donors (Lipinski definition) is 3. The van der Waals surface area contributed by atoms with E-state index in [1.54, 1.807) is 0 Å². The fourth-order valence-corrected chi connectivity index (χ4v) is 1.17. The Morgan fingerprint density at radius 2 is 2.00 bits per heavy atom. The first-order valence-electron chi connectivity index (χ1n) is 4.95. The van der Waals surface area contributed by atoms with Crippen LogP contribution in [0.2, 0.25) is 0 Å². The molecular weight excluding hydrogens is 184 g/mol. The molecule has 1 amide bonds. The first-order valence-corrected chi connectivity index (χ1v) is 5.39. The molecular formula is C9H20N2OS. The highest BCUT2D eigenvalue weighted by atomic mass is 32.1. The Kier molecular flexibility index (Phi) is 9.70. The minimum absolute atomic E-state index is 0.152. The quantitative estimate of drug-likeness (QED) is 0.414. The minimum atomic E-state index is 0.152. The van der Waals surface area contributed by atoms with Gasteiger partial charge >= 0.3 is 0 Å². The summed E-state index contributed by atoms with van der Waals surface area (Å²) in [6.45, 7) is 3.54. The van der Waals surface area contributed by atoms with Crippen LogP contribution in [0.1, 0.15) is 39.0 Å². The third-order valence-corrected chi connectivity index (χ3v) is 2.04. The van der Waals surface area contributed by atoms with Gasteiger partial charge in [-0.05, 0) is 6.42 Å². The summed E-state index contributed by atoms with van der Waals surface area (Å²) in [5.74, 6) is 0.152. The highest BCUT2D eigenvalue weighted by molar-refractivity contribution is 7.78. The van der Waals surface area contributed by atoms with Crippen molar-refractivity contribution in [2.24, 2.45) is 0 Å². The van der Waals surface area contributed by atoms with E-state index >= 15 is 0 Å². The maximum atomic E-state index is 11.1. The van der Waals surface area contributed by atoms with Gasteiger partial charge in [0.25, 0.3) is 0 Å². The van der Waals surface area contributed by atoms with Crippen molar-refractivity contribution >= 4 is 18.7 Å². The smallest absolute Gasteiger partial charge is 0.220 e. The van der Waals surface area contributed by atoms with Gasteiger partial charge in [-0.3, -0.25) is 9.52 Å². The minimum Gasteiger partial charge on any atom is -0.355 e. The molecule has 0 heterocycles. The highest BCUT2D eigenvalue weighted by Crippen LogP contribution is 2.01. The zero-order chi connectivity index (χ0) is 9.94. The normalized spacial score (nSPS) is 10.0. The number of hydrogen-bond acceptors (Lipinski definition) is 3. The van der Waals surface area contributed by atoms with Crippen LogP contribution in [0, 0.1) is 0 Å². The van der Waals surface area contributed by atoms with Gasteiger partial charge in [0, 0.05) is 19.5 Å². The molecule has 78 valence electrons. The number of nitrogens with one attached hydrogen (secondary N) is 2. The van der Waals surface area contributed by atoms with E-state index in [1.807, 2.05) is 0 Å². The molecule has 0 saturated carbocycles. The SMILES string of the molecule is CCCCCCC(=O)NCCNS. The lowest BCUT2D eigenvalue weighted by Gasteiger charge is -2.03. The summed E-state index contributed by atoms with van der Waals surface area (Å²) in [6.07, 6.45) is 5.27. The van der Waals surface area contributed by atoms with Crippen molar-refractivity contribution < 1.29 is 4.79 Å². The van der Waals surface area contributed by atoms with Gasteiger partial charge < -0.3 is 5.32 Å². The molecule has 0 fully saturated rings. The molecule has 0 unspecified atom stereocenters. The molecule has 0 atom stereocenters. The summed E-state index contributed by atoms with van der Waals surface area (Å²) in [5, 5.41) is 2.81. The van der Waals surface area contributed by atoms with Crippen LogP contribution < -0.4 is 10.0 Å². The number of carbonyl (C=O) groups is 1. The standard InChI is InChI=1S/C9H20N2OS/c1-2-3-4-5-6-9(12)10-7-8-11-13/h11,13H,2-8H2,1H3,(H,10,12). The van der Waals surface area contributed by atoms with E-state index in [0.29, 0.717) is 19.5 Å². The molecule has 0 spiro atoms. The van der Waals surface area contributed by atoms with Crippen LogP contribution >= 0.6 is 12.8 Å². The molecule has 0 aromatic carbocycles. The maximum absolute atomic E-state index is 11.1. The predicted molar refractivity (Wildman–Crippen MR) is 58.8 cm³/mol. The Morgan fingerprint density at radius 1 is 1.23 bits per heavy atom. The van der Waals surface area contributed by atoms with E-state index in [-0.39, 0.29) is 5.91 Å². The Balaban J connectivity index is 3.11. The predicted octanol–water partition coefficient (Wildman–Crippen LogP) is 1.51. The zero-order valence-electron chi connectivity index (χ0n) is 8.31. The van der Waals surface area contributed by atoms with Crippen molar-refractivity contribution in [1.29, 1.82) is 0 Å². The third kappa shape index (κ3) is 9.70. The average Bonchev–Trinajstić information content (AvgIpc) is 2.13. The Hall–Kier alpha value is -0.220. The lowest BCUT2D eigenvalue weighted by atomic mass is 10.1. The van der Waals surface area contributed by atoms with E-state index in [1.165, 1.54) is 12.8 Å². The molecule has 0 aromatic heterocycles. The van der Waals surface area contributed by atoms with Gasteiger partial charge in [-0.2, -0.15) is 0 Å². The average molecular weight is 204 g/mol. The van der Waals surface area contributed by atoms with E-state index < -0.39 is 0 Å². The van der Waals surface area contributed by atoms with Crippen molar-refractivity contribution in [2.45, 2.75) is 39.0 Å². The first-order chi connectivity index (χ1) is 6.31. The van der Waals surface area contributed by atoms with Crippen molar-refractivity contribution in [1.82, 2.24) is 10.0 Å². The number of amides is 1. The van der Waals surface area contributed by atoms with Crippen LogP contribution in [0.4, 0.5) is 0 Å². The molecule has 0 aromatic rings. The van der Waals surface area contributed by atoms with Gasteiger partial charge in [0.05, 0.1) is 0 Å². The topological polar surface area (TPSA) is 41.1 Å². The largest absolute Gasteiger partial charge is 0.355 e. The molecule has 3 nitrogen and oxygen atoms in total. The third-order valence-electron chi connectivity index (χ3n) is 1.82. The molecule has 0 saturated heterocycles. The van der Waals surface area contributed by atoms with Crippen LogP contribution in [0.5, 0.6) is 0 Å². The zero-order valence-corrected chi connectivity index (χ0v) is 9.20. The van der Waals surface area contributed by atoms with Crippen LogP contribution in [0.3, 0.4) is 0 Å². The summed E-state index contributed by atoms with van der Waals surface area (Å²) in [7, 11) is 0. The molecule has 0 bridgehead atoms. The van der Waals surface area contributed by atoms with Gasteiger partial charge in [-0.25, -0.2) is 0 Å². The number of rotatable bonds is 8. The van der Waals surface area contributed by atoms with Crippen molar-refractivity contribution in [3.05, 3.63) is 0 Å². The second-order valence-corrected chi connectivity index (χ2v) is 3.38. The molecule has 4 heteroatoms. The molecule has 13 heavy (non-hydrogen) atoms. The van der Waals surface area contributed by atoms with Gasteiger partial charge in [-0.15, -0.1) is 0 Å². The van der Waals surface area contributed by atoms with Gasteiger partial charge in [0.15, 0.2) is 0 Å². The van der Waals surface area contributed by atoms with Crippen molar-refractivity contribution in [3.8, 4) is 0 Å². The van der Waals surface area contributed by atoms with Gasteiger partial charge in [-0.1, -0.05) is 39.0 Å². The van der Waals surface area contributed by atoms with E-state index in [0.717, 1.165) is 12.8 Å². The van der Waals surface area contributed by atoms with E-state index in [4.69, 9.17) is 0 Å². The van der Waals surface area contributed by atoms with Crippen LogP contribution in [-0.4, -0.2) is 19.0 Å². The van der Waals surface area contributed by atoms with Crippen molar-refractivity contribution in [3.63, 3.8) is 0 Å². The second-order valence-electron chi connectivity index (χ2n) is 3.07. The summed E-state index contributed by atoms with van der Waals surface area (Å²) in [6, 6.07) is 0. The Morgan fingerprint density at radius 3 is 2.62 bits per heavy atom. The summed E-state index contributed by atoms with van der Waals surface area (Å²) in [4.78, 5) is 11.1. The molecule has 0 radical (unpaired) electrons. The Bertz CT molecular complexity index is 131. The monoisotopic (exact) mass is 204 g/mol. The van der Waals surface area contributed by atoms with Crippen LogP contribution in [-0.2, 0) is 4.79 Å². The fraction of sp³-hybridized carbons (Fsp3) is 0.889. The summed E-state index contributed by atoms with van der Waals surface area (Å²) >= 11 is 3.82. The van der Waals surface area contributed by atoms with E-state index in [2.05, 4.69) is 29.8 Å². The fourth-order valence-electron chi connectivity index (χ4n) is 1.06. The first kappa shape index (κ1) is 12.8. The lowest BCUT2D eigenvalue weighted by Crippen LogP contribution is -2.28. The molecule has 0 aliphatic heterocycles. The highest BCUT2D eigenvalue weighted by Gasteiger charge is 1.98. The number of unbranched alkanes of at least 4 members (excludes halogenated alkanes) is 3. The lowest BCUT2D eigenvalue weighted by molar-refractivity contribution is -0.121. The summed E-state index contributed by atoms with van der Waals surface area (Å²) in [5.41, 5.74) is 0. The molecule has 0 aliphatic carbocycles.